The standard InChI is InChI=1S/C13H9F2N3O/c14-9-2-1-7(5-10(9)15)18-12-8-3-4-17-6-11(8)19-13(12)16/h1-6,18H,16H2. The van der Waals surface area contributed by atoms with Gasteiger partial charge in [-0.3, -0.25) is 4.98 Å². The van der Waals surface area contributed by atoms with E-state index in [1.807, 2.05) is 0 Å². The molecule has 3 N–H and O–H groups in total. The van der Waals surface area contributed by atoms with Crippen molar-refractivity contribution in [1.82, 2.24) is 4.98 Å². The van der Waals surface area contributed by atoms with Crippen LogP contribution in [0.3, 0.4) is 0 Å². The molecule has 0 aliphatic rings. The van der Waals surface area contributed by atoms with Crippen LogP contribution in [0.5, 0.6) is 0 Å². The number of hydrogen-bond donors (Lipinski definition) is 2. The number of benzene rings is 1. The average molecular weight is 261 g/mol. The molecule has 0 aliphatic carbocycles. The summed E-state index contributed by atoms with van der Waals surface area (Å²) in [5.41, 5.74) is 7.15. The van der Waals surface area contributed by atoms with Crippen LogP contribution in [0.15, 0.2) is 41.1 Å². The van der Waals surface area contributed by atoms with Crippen LogP contribution in [0.25, 0.3) is 11.0 Å². The van der Waals surface area contributed by atoms with E-state index in [2.05, 4.69) is 10.3 Å². The average Bonchev–Trinajstić information content (AvgIpc) is 2.71. The molecule has 0 saturated heterocycles. The molecule has 0 spiro atoms. The van der Waals surface area contributed by atoms with Crippen LogP contribution < -0.4 is 11.1 Å². The Morgan fingerprint density at radius 2 is 2.00 bits per heavy atom. The maximum Gasteiger partial charge on any atom is 0.215 e. The molecule has 1 aromatic carbocycles. The van der Waals surface area contributed by atoms with Gasteiger partial charge in [0.2, 0.25) is 5.88 Å². The molecule has 6 heteroatoms. The number of nitrogens with two attached hydrogens (primary N) is 1. The first kappa shape index (κ1) is 11.5. The van der Waals surface area contributed by atoms with Crippen molar-refractivity contribution in [2.24, 2.45) is 0 Å². The predicted octanol–water partition coefficient (Wildman–Crippen LogP) is 3.43. The first-order valence-electron chi connectivity index (χ1n) is 5.49. The van der Waals surface area contributed by atoms with Gasteiger partial charge < -0.3 is 15.5 Å². The summed E-state index contributed by atoms with van der Waals surface area (Å²) in [6, 6.07) is 5.22. The molecule has 4 nitrogen and oxygen atoms in total. The highest BCUT2D eigenvalue weighted by atomic mass is 19.2. The second-order valence-corrected chi connectivity index (χ2v) is 3.97. The van der Waals surface area contributed by atoms with Gasteiger partial charge in [0, 0.05) is 23.3 Å². The second-order valence-electron chi connectivity index (χ2n) is 3.97. The second kappa shape index (κ2) is 4.24. The van der Waals surface area contributed by atoms with Gasteiger partial charge >= 0.3 is 0 Å². The molecule has 0 fully saturated rings. The van der Waals surface area contributed by atoms with Gasteiger partial charge in [0.25, 0.3) is 0 Å². The van der Waals surface area contributed by atoms with Crippen LogP contribution in [0.1, 0.15) is 0 Å². The van der Waals surface area contributed by atoms with Crippen molar-refractivity contribution in [3.05, 3.63) is 48.3 Å². The Bertz CT molecular complexity index is 755. The third-order valence-corrected chi connectivity index (χ3v) is 2.71. The number of aromatic nitrogens is 1. The Morgan fingerprint density at radius 3 is 2.79 bits per heavy atom. The molecule has 19 heavy (non-hydrogen) atoms. The lowest BCUT2D eigenvalue weighted by molar-refractivity contribution is 0.509. The molecule has 3 rings (SSSR count). The van der Waals surface area contributed by atoms with E-state index in [1.54, 1.807) is 12.3 Å². The molecule has 0 aliphatic heterocycles. The highest BCUT2D eigenvalue weighted by Gasteiger charge is 2.12. The van der Waals surface area contributed by atoms with Crippen molar-refractivity contribution in [2.75, 3.05) is 11.1 Å². The highest BCUT2D eigenvalue weighted by Crippen LogP contribution is 2.34. The number of nitrogen functional groups attached to an aromatic ring is 1. The summed E-state index contributed by atoms with van der Waals surface area (Å²) in [5.74, 6) is -1.68. The zero-order valence-corrected chi connectivity index (χ0v) is 9.65. The van der Waals surface area contributed by atoms with Gasteiger partial charge in [0.1, 0.15) is 5.69 Å². The molecule has 0 amide bonds. The third kappa shape index (κ3) is 1.97. The Labute approximate surface area is 106 Å². The van der Waals surface area contributed by atoms with Gasteiger partial charge in [-0.2, -0.15) is 0 Å². The van der Waals surface area contributed by atoms with E-state index in [0.29, 0.717) is 17.0 Å². The fraction of sp³-hybridized carbons (Fsp3) is 0. The maximum atomic E-state index is 13.1. The predicted molar refractivity (Wildman–Crippen MR) is 68.1 cm³/mol. The number of halogens is 2. The Balaban J connectivity index is 2.05. The molecule has 0 bridgehead atoms. The van der Waals surface area contributed by atoms with Crippen LogP contribution >= 0.6 is 0 Å². The first-order valence-corrected chi connectivity index (χ1v) is 5.49. The summed E-state index contributed by atoms with van der Waals surface area (Å²) < 4.78 is 31.3. The summed E-state index contributed by atoms with van der Waals surface area (Å²) in [4.78, 5) is 3.91. The minimum atomic E-state index is -0.932. The number of pyridine rings is 1. The maximum absolute atomic E-state index is 13.1. The number of nitrogens with one attached hydrogen (secondary N) is 1. The van der Waals surface area contributed by atoms with Gasteiger partial charge in [-0.15, -0.1) is 0 Å². The SMILES string of the molecule is Nc1oc2cnccc2c1Nc1ccc(F)c(F)c1. The molecular formula is C13H9F2N3O. The Hall–Kier alpha value is -2.63. The lowest BCUT2D eigenvalue weighted by Gasteiger charge is -2.05. The van der Waals surface area contributed by atoms with E-state index in [-0.39, 0.29) is 5.88 Å². The van der Waals surface area contributed by atoms with E-state index in [4.69, 9.17) is 10.2 Å². The van der Waals surface area contributed by atoms with Crippen LogP contribution in [0, 0.1) is 11.6 Å². The molecule has 0 atom stereocenters. The summed E-state index contributed by atoms with van der Waals surface area (Å²) in [6.45, 7) is 0. The topological polar surface area (TPSA) is 64.1 Å². The van der Waals surface area contributed by atoms with Crippen molar-refractivity contribution < 1.29 is 13.2 Å². The minimum absolute atomic E-state index is 0.160. The lowest BCUT2D eigenvalue weighted by atomic mass is 10.2. The van der Waals surface area contributed by atoms with Crippen LogP contribution in [0.4, 0.5) is 26.0 Å². The Morgan fingerprint density at radius 1 is 1.16 bits per heavy atom. The summed E-state index contributed by atoms with van der Waals surface area (Å²) in [7, 11) is 0. The molecular weight excluding hydrogens is 252 g/mol. The van der Waals surface area contributed by atoms with Crippen LogP contribution in [-0.2, 0) is 0 Å². The molecule has 0 unspecified atom stereocenters. The molecule has 0 saturated carbocycles. The lowest BCUT2D eigenvalue weighted by Crippen LogP contribution is -1.95. The number of hydrogen-bond acceptors (Lipinski definition) is 4. The zero-order valence-electron chi connectivity index (χ0n) is 9.65. The fourth-order valence-electron chi connectivity index (χ4n) is 1.82. The Kier molecular flexibility index (Phi) is 2.56. The van der Waals surface area contributed by atoms with Crippen molar-refractivity contribution in [3.8, 4) is 0 Å². The van der Waals surface area contributed by atoms with Crippen molar-refractivity contribution >= 4 is 28.2 Å². The quantitative estimate of drug-likeness (QED) is 0.741. The van der Waals surface area contributed by atoms with E-state index < -0.39 is 11.6 Å². The normalized spacial score (nSPS) is 10.8. The van der Waals surface area contributed by atoms with Gasteiger partial charge in [-0.25, -0.2) is 8.78 Å². The van der Waals surface area contributed by atoms with E-state index >= 15 is 0 Å². The smallest absolute Gasteiger partial charge is 0.215 e. The first-order chi connectivity index (χ1) is 9.15. The number of anilines is 3. The number of rotatable bonds is 2. The van der Waals surface area contributed by atoms with Crippen molar-refractivity contribution in [3.63, 3.8) is 0 Å². The van der Waals surface area contributed by atoms with Crippen LogP contribution in [-0.4, -0.2) is 4.98 Å². The fourth-order valence-corrected chi connectivity index (χ4v) is 1.82. The van der Waals surface area contributed by atoms with E-state index in [1.165, 1.54) is 12.3 Å². The minimum Gasteiger partial charge on any atom is -0.437 e. The van der Waals surface area contributed by atoms with E-state index in [9.17, 15) is 8.78 Å². The molecule has 0 radical (unpaired) electrons. The number of nitrogens with zero attached hydrogens (tertiary/aromatic N) is 1. The number of furan rings is 1. The molecule has 96 valence electrons. The van der Waals surface area contributed by atoms with Gasteiger partial charge in [-0.1, -0.05) is 0 Å². The van der Waals surface area contributed by atoms with E-state index in [0.717, 1.165) is 17.5 Å². The largest absolute Gasteiger partial charge is 0.437 e. The van der Waals surface area contributed by atoms with Crippen molar-refractivity contribution in [2.45, 2.75) is 0 Å². The monoisotopic (exact) mass is 261 g/mol. The summed E-state index contributed by atoms with van der Waals surface area (Å²) in [5, 5.41) is 3.63. The molecule has 3 aromatic rings. The van der Waals surface area contributed by atoms with Gasteiger partial charge in [0.15, 0.2) is 17.2 Å². The summed E-state index contributed by atoms with van der Waals surface area (Å²) >= 11 is 0. The van der Waals surface area contributed by atoms with Crippen molar-refractivity contribution in [1.29, 1.82) is 0 Å². The molecule has 2 aromatic heterocycles. The third-order valence-electron chi connectivity index (χ3n) is 2.71. The van der Waals surface area contributed by atoms with Gasteiger partial charge in [-0.05, 0) is 18.2 Å². The summed E-state index contributed by atoms with van der Waals surface area (Å²) in [6.07, 6.45) is 3.12. The van der Waals surface area contributed by atoms with Gasteiger partial charge in [0.05, 0.1) is 6.20 Å². The highest BCUT2D eigenvalue weighted by molar-refractivity contribution is 5.97. The van der Waals surface area contributed by atoms with Crippen LogP contribution in [0.2, 0.25) is 0 Å². The molecule has 2 heterocycles. The number of fused-ring (bicyclic) bond motifs is 1. The zero-order chi connectivity index (χ0) is 13.4.